The van der Waals surface area contributed by atoms with Gasteiger partial charge in [-0.2, -0.15) is 0 Å². The zero-order valence-electron chi connectivity index (χ0n) is 14.3. The SMILES string of the molecule is Cc1noc(-c2ccccc2)c1NC(=O)N1CCc2c(Cl)cccc2C1. The van der Waals surface area contributed by atoms with Gasteiger partial charge in [0.2, 0.25) is 0 Å². The molecule has 0 fully saturated rings. The molecule has 2 aromatic carbocycles. The Hall–Kier alpha value is -2.79. The molecule has 2 heterocycles. The van der Waals surface area contributed by atoms with Crippen LogP contribution >= 0.6 is 11.6 Å². The first-order chi connectivity index (χ1) is 12.6. The molecule has 0 atom stereocenters. The second-order valence-corrected chi connectivity index (χ2v) is 6.72. The summed E-state index contributed by atoms with van der Waals surface area (Å²) in [5.74, 6) is 0.567. The second-order valence-electron chi connectivity index (χ2n) is 6.32. The van der Waals surface area contributed by atoms with E-state index in [2.05, 4.69) is 10.5 Å². The Kier molecular flexibility index (Phi) is 4.39. The fourth-order valence-electron chi connectivity index (χ4n) is 3.23. The minimum absolute atomic E-state index is 0.167. The van der Waals surface area contributed by atoms with E-state index >= 15 is 0 Å². The molecule has 26 heavy (non-hydrogen) atoms. The highest BCUT2D eigenvalue weighted by Gasteiger charge is 2.24. The van der Waals surface area contributed by atoms with E-state index in [0.29, 0.717) is 30.2 Å². The number of hydrogen-bond donors (Lipinski definition) is 1. The van der Waals surface area contributed by atoms with Crippen LogP contribution in [-0.2, 0) is 13.0 Å². The summed E-state index contributed by atoms with van der Waals surface area (Å²) in [7, 11) is 0. The molecule has 5 nitrogen and oxygen atoms in total. The van der Waals surface area contributed by atoms with Crippen molar-refractivity contribution in [3.63, 3.8) is 0 Å². The molecule has 0 bridgehead atoms. The average molecular weight is 368 g/mol. The maximum absolute atomic E-state index is 12.8. The van der Waals surface area contributed by atoms with E-state index in [0.717, 1.165) is 28.1 Å². The van der Waals surface area contributed by atoms with E-state index < -0.39 is 0 Å². The number of aryl methyl sites for hydroxylation is 1. The molecular weight excluding hydrogens is 350 g/mol. The van der Waals surface area contributed by atoms with Crippen LogP contribution in [0.5, 0.6) is 0 Å². The van der Waals surface area contributed by atoms with E-state index in [1.54, 1.807) is 4.90 Å². The monoisotopic (exact) mass is 367 g/mol. The number of carbonyl (C=O) groups excluding carboxylic acids is 1. The first-order valence-corrected chi connectivity index (χ1v) is 8.85. The van der Waals surface area contributed by atoms with Gasteiger partial charge in [0, 0.05) is 23.7 Å². The number of anilines is 1. The summed E-state index contributed by atoms with van der Waals surface area (Å²) in [6, 6.07) is 15.3. The molecule has 1 aliphatic rings. The summed E-state index contributed by atoms with van der Waals surface area (Å²) < 4.78 is 5.44. The van der Waals surface area contributed by atoms with Crippen LogP contribution in [0.2, 0.25) is 5.02 Å². The highest BCUT2D eigenvalue weighted by atomic mass is 35.5. The molecule has 132 valence electrons. The van der Waals surface area contributed by atoms with E-state index in [1.807, 2.05) is 55.5 Å². The number of amides is 2. The van der Waals surface area contributed by atoms with Crippen LogP contribution < -0.4 is 5.32 Å². The summed E-state index contributed by atoms with van der Waals surface area (Å²) in [4.78, 5) is 14.6. The molecule has 6 heteroatoms. The molecule has 0 aliphatic carbocycles. The van der Waals surface area contributed by atoms with Gasteiger partial charge in [-0.3, -0.25) is 0 Å². The zero-order valence-corrected chi connectivity index (χ0v) is 15.1. The third-order valence-corrected chi connectivity index (χ3v) is 4.98. The van der Waals surface area contributed by atoms with Crippen molar-refractivity contribution in [2.24, 2.45) is 0 Å². The van der Waals surface area contributed by atoms with E-state index in [4.69, 9.17) is 16.1 Å². The van der Waals surface area contributed by atoms with Crippen molar-refractivity contribution in [3.05, 3.63) is 70.4 Å². The highest BCUT2D eigenvalue weighted by Crippen LogP contribution is 2.32. The van der Waals surface area contributed by atoms with Crippen LogP contribution in [0.15, 0.2) is 53.1 Å². The predicted octanol–water partition coefficient (Wildman–Crippen LogP) is 4.89. The Morgan fingerprint density at radius 3 is 2.81 bits per heavy atom. The first kappa shape index (κ1) is 16.7. The van der Waals surface area contributed by atoms with Crippen LogP contribution in [0.4, 0.5) is 10.5 Å². The van der Waals surface area contributed by atoms with Gasteiger partial charge in [0.1, 0.15) is 11.4 Å². The van der Waals surface area contributed by atoms with Gasteiger partial charge in [0.25, 0.3) is 0 Å². The minimum atomic E-state index is -0.167. The number of fused-ring (bicyclic) bond motifs is 1. The van der Waals surface area contributed by atoms with Crippen LogP contribution in [0, 0.1) is 6.92 Å². The number of rotatable bonds is 2. The Labute approximate surface area is 156 Å². The maximum Gasteiger partial charge on any atom is 0.322 e. The van der Waals surface area contributed by atoms with Crippen molar-refractivity contribution in [2.75, 3.05) is 11.9 Å². The number of benzene rings is 2. The van der Waals surface area contributed by atoms with Gasteiger partial charge in [0.05, 0.1) is 0 Å². The zero-order chi connectivity index (χ0) is 18.1. The summed E-state index contributed by atoms with van der Waals surface area (Å²) in [5.41, 5.74) is 4.35. The smallest absolute Gasteiger partial charge is 0.322 e. The molecule has 3 aromatic rings. The van der Waals surface area contributed by atoms with Crippen LogP contribution in [0.1, 0.15) is 16.8 Å². The molecule has 4 rings (SSSR count). The predicted molar refractivity (Wildman–Crippen MR) is 101 cm³/mol. The molecule has 0 saturated carbocycles. The number of halogens is 1. The summed E-state index contributed by atoms with van der Waals surface area (Å²) in [6.45, 7) is 2.97. The fourth-order valence-corrected chi connectivity index (χ4v) is 3.51. The lowest BCUT2D eigenvalue weighted by Crippen LogP contribution is -2.39. The summed E-state index contributed by atoms with van der Waals surface area (Å²) in [5, 5.41) is 7.75. The normalized spacial score (nSPS) is 13.4. The third kappa shape index (κ3) is 3.06. The second kappa shape index (κ2) is 6.84. The lowest BCUT2D eigenvalue weighted by atomic mass is 10.00. The molecule has 1 aromatic heterocycles. The Bertz CT molecular complexity index is 953. The average Bonchev–Trinajstić information content (AvgIpc) is 3.03. The van der Waals surface area contributed by atoms with Crippen LogP contribution in [-0.4, -0.2) is 22.6 Å². The molecule has 0 unspecified atom stereocenters. The van der Waals surface area contributed by atoms with Gasteiger partial charge in [-0.15, -0.1) is 0 Å². The lowest BCUT2D eigenvalue weighted by Gasteiger charge is -2.29. The summed E-state index contributed by atoms with van der Waals surface area (Å²) >= 11 is 6.25. The number of nitrogens with zero attached hydrogens (tertiary/aromatic N) is 2. The Morgan fingerprint density at radius 1 is 1.19 bits per heavy atom. The van der Waals surface area contributed by atoms with Gasteiger partial charge >= 0.3 is 6.03 Å². The topological polar surface area (TPSA) is 58.4 Å². The van der Waals surface area contributed by atoms with Crippen molar-refractivity contribution in [3.8, 4) is 11.3 Å². The quantitative estimate of drug-likeness (QED) is 0.701. The largest absolute Gasteiger partial charge is 0.354 e. The summed E-state index contributed by atoms with van der Waals surface area (Å²) in [6.07, 6.45) is 0.747. The minimum Gasteiger partial charge on any atom is -0.354 e. The van der Waals surface area contributed by atoms with Gasteiger partial charge in [-0.05, 0) is 30.5 Å². The van der Waals surface area contributed by atoms with Crippen molar-refractivity contribution in [1.29, 1.82) is 0 Å². The number of nitrogens with one attached hydrogen (secondary N) is 1. The van der Waals surface area contributed by atoms with Crippen molar-refractivity contribution in [2.45, 2.75) is 19.9 Å². The molecule has 0 radical (unpaired) electrons. The van der Waals surface area contributed by atoms with Gasteiger partial charge in [0.15, 0.2) is 5.76 Å². The Morgan fingerprint density at radius 2 is 2.00 bits per heavy atom. The van der Waals surface area contributed by atoms with E-state index in [1.165, 1.54) is 0 Å². The van der Waals surface area contributed by atoms with Crippen LogP contribution in [0.25, 0.3) is 11.3 Å². The number of aromatic nitrogens is 1. The molecule has 2 amide bonds. The lowest BCUT2D eigenvalue weighted by molar-refractivity contribution is 0.206. The van der Waals surface area contributed by atoms with Crippen molar-refractivity contribution < 1.29 is 9.32 Å². The number of urea groups is 1. The van der Waals surface area contributed by atoms with E-state index in [-0.39, 0.29) is 6.03 Å². The fraction of sp³-hybridized carbons (Fsp3) is 0.200. The standard InChI is InChI=1S/C20H18ClN3O2/c1-13-18(19(26-23-13)14-6-3-2-4-7-14)22-20(25)24-11-10-16-15(12-24)8-5-9-17(16)21/h2-9H,10-12H2,1H3,(H,22,25). The Balaban J connectivity index is 1.56. The van der Waals surface area contributed by atoms with Crippen LogP contribution in [0.3, 0.4) is 0 Å². The first-order valence-electron chi connectivity index (χ1n) is 8.47. The molecule has 1 aliphatic heterocycles. The third-order valence-electron chi connectivity index (χ3n) is 4.63. The van der Waals surface area contributed by atoms with Gasteiger partial charge in [-0.1, -0.05) is 59.2 Å². The van der Waals surface area contributed by atoms with Gasteiger partial charge in [-0.25, -0.2) is 4.79 Å². The molecular formula is C20H18ClN3O2. The number of carbonyl (C=O) groups is 1. The highest BCUT2D eigenvalue weighted by molar-refractivity contribution is 6.31. The van der Waals surface area contributed by atoms with Gasteiger partial charge < -0.3 is 14.7 Å². The molecule has 1 N–H and O–H groups in total. The maximum atomic E-state index is 12.8. The molecule has 0 saturated heterocycles. The van der Waals surface area contributed by atoms with E-state index in [9.17, 15) is 4.79 Å². The van der Waals surface area contributed by atoms with Crippen molar-refractivity contribution >= 4 is 23.3 Å². The number of hydrogen-bond acceptors (Lipinski definition) is 3. The van der Waals surface area contributed by atoms with Crippen molar-refractivity contribution in [1.82, 2.24) is 10.1 Å². The molecule has 0 spiro atoms.